The maximum atomic E-state index is 6.63. The summed E-state index contributed by atoms with van der Waals surface area (Å²) >= 11 is 0. The molecule has 0 spiro atoms. The fourth-order valence-corrected chi connectivity index (χ4v) is 3.22. The van der Waals surface area contributed by atoms with Gasteiger partial charge in [0, 0.05) is 18.1 Å². The lowest BCUT2D eigenvalue weighted by Crippen LogP contribution is -2.37. The summed E-state index contributed by atoms with van der Waals surface area (Å²) in [7, 11) is 1.76. The van der Waals surface area contributed by atoms with Crippen molar-refractivity contribution in [3.05, 3.63) is 35.4 Å². The first-order valence-corrected chi connectivity index (χ1v) is 6.87. The van der Waals surface area contributed by atoms with Crippen LogP contribution in [0.1, 0.15) is 50.7 Å². The highest BCUT2D eigenvalue weighted by Crippen LogP contribution is 2.41. The zero-order valence-corrected chi connectivity index (χ0v) is 11.8. The van der Waals surface area contributed by atoms with E-state index >= 15 is 0 Å². The normalized spacial score (nSPS) is 19.1. The van der Waals surface area contributed by atoms with E-state index in [0.717, 1.165) is 19.4 Å². The smallest absolute Gasteiger partial charge is 0.0553 e. The quantitative estimate of drug-likeness (QED) is 0.885. The Kier molecular flexibility index (Phi) is 3.79. The highest BCUT2D eigenvalue weighted by molar-refractivity contribution is 5.39. The topological polar surface area (TPSA) is 35.2 Å². The first-order chi connectivity index (χ1) is 8.49. The number of hydrogen-bond acceptors (Lipinski definition) is 2. The Bertz CT molecular complexity index is 405. The molecule has 0 unspecified atom stereocenters. The Morgan fingerprint density at radius 2 is 1.83 bits per heavy atom. The molecule has 2 heteroatoms. The summed E-state index contributed by atoms with van der Waals surface area (Å²) in [6.07, 6.45) is 4.70. The van der Waals surface area contributed by atoms with E-state index < -0.39 is 0 Å². The van der Waals surface area contributed by atoms with Gasteiger partial charge in [0.25, 0.3) is 0 Å². The predicted octanol–water partition coefficient (Wildman–Crippen LogP) is 3.34. The SMILES string of the molecule is COCC(C)(C)c1ccccc1C1(N)CCCC1. The summed E-state index contributed by atoms with van der Waals surface area (Å²) in [5.74, 6) is 0. The lowest BCUT2D eigenvalue weighted by Gasteiger charge is -2.33. The van der Waals surface area contributed by atoms with Crippen molar-refractivity contribution in [1.29, 1.82) is 0 Å². The molecule has 2 rings (SSSR count). The van der Waals surface area contributed by atoms with Gasteiger partial charge in [-0.05, 0) is 24.0 Å². The minimum Gasteiger partial charge on any atom is -0.384 e. The molecule has 1 aliphatic carbocycles. The summed E-state index contributed by atoms with van der Waals surface area (Å²) in [5.41, 5.74) is 9.19. The Hall–Kier alpha value is -0.860. The number of ether oxygens (including phenoxy) is 1. The molecule has 2 N–H and O–H groups in total. The minimum atomic E-state index is -0.123. The van der Waals surface area contributed by atoms with E-state index in [1.165, 1.54) is 24.0 Å². The van der Waals surface area contributed by atoms with Crippen molar-refractivity contribution in [3.63, 3.8) is 0 Å². The average Bonchev–Trinajstić information content (AvgIpc) is 2.77. The third-order valence-corrected chi connectivity index (χ3v) is 4.19. The van der Waals surface area contributed by atoms with Crippen LogP contribution in [0.15, 0.2) is 24.3 Å². The van der Waals surface area contributed by atoms with Crippen molar-refractivity contribution >= 4 is 0 Å². The highest BCUT2D eigenvalue weighted by atomic mass is 16.5. The molecule has 0 saturated heterocycles. The van der Waals surface area contributed by atoms with Crippen molar-refractivity contribution in [3.8, 4) is 0 Å². The van der Waals surface area contributed by atoms with Gasteiger partial charge in [0.05, 0.1) is 6.61 Å². The monoisotopic (exact) mass is 247 g/mol. The van der Waals surface area contributed by atoms with Crippen molar-refractivity contribution in [2.24, 2.45) is 5.73 Å². The fraction of sp³-hybridized carbons (Fsp3) is 0.625. The van der Waals surface area contributed by atoms with E-state index in [1.807, 2.05) is 0 Å². The van der Waals surface area contributed by atoms with Crippen LogP contribution < -0.4 is 5.73 Å². The Balaban J connectivity index is 2.42. The molecule has 2 nitrogen and oxygen atoms in total. The Morgan fingerprint density at radius 1 is 1.22 bits per heavy atom. The Labute approximate surface area is 111 Å². The van der Waals surface area contributed by atoms with Gasteiger partial charge in [-0.25, -0.2) is 0 Å². The number of methoxy groups -OCH3 is 1. The molecule has 0 heterocycles. The summed E-state index contributed by atoms with van der Waals surface area (Å²) in [5, 5.41) is 0. The molecule has 1 fully saturated rings. The van der Waals surface area contributed by atoms with Gasteiger partial charge in [-0.15, -0.1) is 0 Å². The molecule has 0 radical (unpaired) electrons. The van der Waals surface area contributed by atoms with Gasteiger partial charge in [0.2, 0.25) is 0 Å². The molecule has 1 aromatic carbocycles. The van der Waals surface area contributed by atoms with E-state index in [1.54, 1.807) is 7.11 Å². The molecule has 100 valence electrons. The van der Waals surface area contributed by atoms with Crippen LogP contribution in [-0.4, -0.2) is 13.7 Å². The molecule has 0 aliphatic heterocycles. The van der Waals surface area contributed by atoms with E-state index in [-0.39, 0.29) is 11.0 Å². The lowest BCUT2D eigenvalue weighted by molar-refractivity contribution is 0.145. The van der Waals surface area contributed by atoms with Gasteiger partial charge in [0.15, 0.2) is 0 Å². The lowest BCUT2D eigenvalue weighted by atomic mass is 9.76. The van der Waals surface area contributed by atoms with Gasteiger partial charge in [-0.3, -0.25) is 0 Å². The molecule has 1 aliphatic rings. The van der Waals surface area contributed by atoms with Gasteiger partial charge < -0.3 is 10.5 Å². The van der Waals surface area contributed by atoms with Crippen molar-refractivity contribution in [2.75, 3.05) is 13.7 Å². The van der Waals surface area contributed by atoms with Crippen LogP contribution in [0, 0.1) is 0 Å². The maximum absolute atomic E-state index is 6.63. The zero-order valence-electron chi connectivity index (χ0n) is 11.8. The first-order valence-electron chi connectivity index (χ1n) is 6.87. The predicted molar refractivity (Wildman–Crippen MR) is 75.7 cm³/mol. The second kappa shape index (κ2) is 5.02. The third-order valence-electron chi connectivity index (χ3n) is 4.19. The summed E-state index contributed by atoms with van der Waals surface area (Å²) < 4.78 is 5.37. The number of nitrogens with two attached hydrogens (primary N) is 1. The van der Waals surface area contributed by atoms with Crippen molar-refractivity contribution in [2.45, 2.75) is 50.5 Å². The van der Waals surface area contributed by atoms with Crippen molar-refractivity contribution < 1.29 is 4.74 Å². The summed E-state index contributed by atoms with van der Waals surface area (Å²) in [6.45, 7) is 5.18. The van der Waals surface area contributed by atoms with Crippen LogP contribution in [-0.2, 0) is 15.7 Å². The van der Waals surface area contributed by atoms with E-state index in [2.05, 4.69) is 38.1 Å². The largest absolute Gasteiger partial charge is 0.384 e. The molecule has 0 atom stereocenters. The molecule has 0 amide bonds. The van der Waals surface area contributed by atoms with Gasteiger partial charge in [0.1, 0.15) is 0 Å². The van der Waals surface area contributed by atoms with E-state index in [9.17, 15) is 0 Å². The van der Waals surface area contributed by atoms with Crippen LogP contribution >= 0.6 is 0 Å². The zero-order chi connectivity index (χ0) is 13.2. The Morgan fingerprint density at radius 3 is 2.44 bits per heavy atom. The van der Waals surface area contributed by atoms with Crippen LogP contribution in [0.25, 0.3) is 0 Å². The molecular formula is C16H25NO. The molecule has 0 bridgehead atoms. The van der Waals surface area contributed by atoms with Crippen LogP contribution in [0.3, 0.4) is 0 Å². The van der Waals surface area contributed by atoms with Crippen LogP contribution in [0.5, 0.6) is 0 Å². The average molecular weight is 247 g/mol. The molecular weight excluding hydrogens is 222 g/mol. The van der Waals surface area contributed by atoms with Crippen LogP contribution in [0.2, 0.25) is 0 Å². The number of rotatable bonds is 4. The van der Waals surface area contributed by atoms with E-state index in [0.29, 0.717) is 0 Å². The van der Waals surface area contributed by atoms with Crippen molar-refractivity contribution in [1.82, 2.24) is 0 Å². The minimum absolute atomic E-state index is 0.0142. The number of benzene rings is 1. The van der Waals surface area contributed by atoms with E-state index in [4.69, 9.17) is 10.5 Å². The molecule has 1 aromatic rings. The second-order valence-electron chi connectivity index (χ2n) is 6.23. The van der Waals surface area contributed by atoms with Gasteiger partial charge in [-0.2, -0.15) is 0 Å². The van der Waals surface area contributed by atoms with Gasteiger partial charge in [-0.1, -0.05) is 51.0 Å². The highest BCUT2D eigenvalue weighted by Gasteiger charge is 2.36. The standard InChI is InChI=1S/C16H25NO/c1-15(2,12-18-3)13-8-4-5-9-14(13)16(17)10-6-7-11-16/h4-5,8-9H,6-7,10-12,17H2,1-3H3. The second-order valence-corrected chi connectivity index (χ2v) is 6.23. The van der Waals surface area contributed by atoms with Gasteiger partial charge >= 0.3 is 0 Å². The molecule has 1 saturated carbocycles. The molecule has 0 aromatic heterocycles. The van der Waals surface area contributed by atoms with Crippen LogP contribution in [0.4, 0.5) is 0 Å². The third kappa shape index (κ3) is 2.45. The fourth-order valence-electron chi connectivity index (χ4n) is 3.22. The maximum Gasteiger partial charge on any atom is 0.0553 e. The summed E-state index contributed by atoms with van der Waals surface area (Å²) in [4.78, 5) is 0. The first kappa shape index (κ1) is 13.6. The summed E-state index contributed by atoms with van der Waals surface area (Å²) in [6, 6.07) is 8.63. The number of hydrogen-bond donors (Lipinski definition) is 1. The molecule has 18 heavy (non-hydrogen) atoms.